The molecule has 1 aromatic carbocycles. The predicted molar refractivity (Wildman–Crippen MR) is 129 cm³/mol. The fourth-order valence-electron chi connectivity index (χ4n) is 4.79. The highest BCUT2D eigenvalue weighted by molar-refractivity contribution is 5.94. The van der Waals surface area contributed by atoms with Gasteiger partial charge in [-0.05, 0) is 81.0 Å². The summed E-state index contributed by atoms with van der Waals surface area (Å²) in [4.78, 5) is 11.6. The van der Waals surface area contributed by atoms with Gasteiger partial charge in [0.05, 0.1) is 0 Å². The molecule has 0 aliphatic carbocycles. The van der Waals surface area contributed by atoms with Crippen molar-refractivity contribution in [1.82, 2.24) is 0 Å². The van der Waals surface area contributed by atoms with E-state index in [0.717, 1.165) is 48.3 Å². The van der Waals surface area contributed by atoms with Crippen LogP contribution in [0.5, 0.6) is 5.75 Å². The largest absolute Gasteiger partial charge is 0.487 e. The predicted octanol–water partition coefficient (Wildman–Crippen LogP) is 8.41. The number of carbonyl (C=O) groups is 1. The van der Waals surface area contributed by atoms with Gasteiger partial charge in [-0.2, -0.15) is 0 Å². The lowest BCUT2D eigenvalue weighted by molar-refractivity contribution is 0.0524. The van der Waals surface area contributed by atoms with Crippen molar-refractivity contribution >= 4 is 5.78 Å². The topological polar surface area (TPSA) is 26.3 Å². The zero-order valence-electron chi connectivity index (χ0n) is 20.6. The summed E-state index contributed by atoms with van der Waals surface area (Å²) in [5.74, 6) is 3.65. The molecular formula is C28H46O2. The SMILES string of the molecule is CC(=O)c1ccc2c(c1)CCC(C)(CCCC(C)CCCC(C)CCCC(C)C)O2. The first-order valence-electron chi connectivity index (χ1n) is 12.5. The van der Waals surface area contributed by atoms with E-state index in [4.69, 9.17) is 4.74 Å². The van der Waals surface area contributed by atoms with Gasteiger partial charge in [0, 0.05) is 5.56 Å². The molecule has 0 spiro atoms. The summed E-state index contributed by atoms with van der Waals surface area (Å²) in [6.07, 6.45) is 14.0. The second-order valence-electron chi connectivity index (χ2n) is 10.8. The summed E-state index contributed by atoms with van der Waals surface area (Å²) in [7, 11) is 0. The van der Waals surface area contributed by atoms with E-state index in [1.807, 2.05) is 18.2 Å². The maximum atomic E-state index is 11.6. The zero-order valence-corrected chi connectivity index (χ0v) is 20.6. The molecule has 1 aliphatic heterocycles. The Morgan fingerprint density at radius 2 is 1.57 bits per heavy atom. The number of hydrogen-bond acceptors (Lipinski definition) is 2. The Bertz CT molecular complexity index is 663. The molecule has 0 aromatic heterocycles. The third-order valence-electron chi connectivity index (χ3n) is 7.02. The molecule has 0 amide bonds. The lowest BCUT2D eigenvalue weighted by Crippen LogP contribution is -2.36. The lowest BCUT2D eigenvalue weighted by atomic mass is 9.86. The molecule has 1 heterocycles. The third-order valence-corrected chi connectivity index (χ3v) is 7.02. The molecule has 1 aliphatic rings. The molecule has 2 rings (SSSR count). The van der Waals surface area contributed by atoms with Crippen LogP contribution in [0.2, 0.25) is 0 Å². The highest BCUT2D eigenvalue weighted by Gasteiger charge is 2.31. The van der Waals surface area contributed by atoms with E-state index in [-0.39, 0.29) is 11.4 Å². The number of fused-ring (bicyclic) bond motifs is 1. The molecule has 0 saturated heterocycles. The van der Waals surface area contributed by atoms with E-state index >= 15 is 0 Å². The molecule has 0 saturated carbocycles. The Balaban J connectivity index is 1.65. The van der Waals surface area contributed by atoms with Crippen LogP contribution < -0.4 is 4.74 Å². The van der Waals surface area contributed by atoms with Crippen LogP contribution in [0.1, 0.15) is 122 Å². The Morgan fingerprint density at radius 1 is 0.967 bits per heavy atom. The smallest absolute Gasteiger partial charge is 0.159 e. The molecule has 0 bridgehead atoms. The van der Waals surface area contributed by atoms with Crippen LogP contribution in [0, 0.1) is 17.8 Å². The Kier molecular flexibility index (Phi) is 9.91. The summed E-state index contributed by atoms with van der Waals surface area (Å²) in [6.45, 7) is 13.4. The van der Waals surface area contributed by atoms with E-state index < -0.39 is 0 Å². The zero-order chi connectivity index (χ0) is 22.1. The average Bonchev–Trinajstić information content (AvgIpc) is 2.67. The van der Waals surface area contributed by atoms with Crippen molar-refractivity contribution < 1.29 is 9.53 Å². The first kappa shape index (κ1) is 25.0. The van der Waals surface area contributed by atoms with E-state index in [9.17, 15) is 4.79 Å². The second kappa shape index (κ2) is 11.9. The van der Waals surface area contributed by atoms with E-state index in [2.05, 4.69) is 34.6 Å². The van der Waals surface area contributed by atoms with Gasteiger partial charge in [0.1, 0.15) is 11.4 Å². The van der Waals surface area contributed by atoms with Gasteiger partial charge >= 0.3 is 0 Å². The highest BCUT2D eigenvalue weighted by Crippen LogP contribution is 2.37. The average molecular weight is 415 g/mol. The van der Waals surface area contributed by atoms with Crippen molar-refractivity contribution in [3.05, 3.63) is 29.3 Å². The summed E-state index contributed by atoms with van der Waals surface area (Å²) >= 11 is 0. The van der Waals surface area contributed by atoms with Gasteiger partial charge in [-0.15, -0.1) is 0 Å². The number of aryl methyl sites for hydroxylation is 1. The fourth-order valence-corrected chi connectivity index (χ4v) is 4.79. The van der Waals surface area contributed by atoms with Gasteiger partial charge < -0.3 is 4.74 Å². The number of hydrogen-bond donors (Lipinski definition) is 0. The maximum Gasteiger partial charge on any atom is 0.159 e. The van der Waals surface area contributed by atoms with Gasteiger partial charge in [-0.3, -0.25) is 4.79 Å². The van der Waals surface area contributed by atoms with Crippen molar-refractivity contribution in [2.24, 2.45) is 17.8 Å². The van der Waals surface area contributed by atoms with E-state index in [1.165, 1.54) is 56.9 Å². The molecule has 170 valence electrons. The number of ether oxygens (including phenoxy) is 1. The van der Waals surface area contributed by atoms with Crippen LogP contribution in [-0.4, -0.2) is 11.4 Å². The van der Waals surface area contributed by atoms with Crippen molar-refractivity contribution in [1.29, 1.82) is 0 Å². The molecule has 2 nitrogen and oxygen atoms in total. The minimum Gasteiger partial charge on any atom is -0.487 e. The summed E-state index contributed by atoms with van der Waals surface area (Å²) < 4.78 is 6.39. The third kappa shape index (κ3) is 8.44. The quantitative estimate of drug-likeness (QED) is 0.303. The van der Waals surface area contributed by atoms with Crippen molar-refractivity contribution in [3.8, 4) is 5.75 Å². The van der Waals surface area contributed by atoms with Gasteiger partial charge in [0.15, 0.2) is 5.78 Å². The summed E-state index contributed by atoms with van der Waals surface area (Å²) in [6, 6.07) is 5.91. The Hall–Kier alpha value is -1.31. The molecule has 0 fully saturated rings. The number of Topliss-reactive ketones (excluding diaryl/α,β-unsaturated/α-hetero) is 1. The minimum atomic E-state index is -0.0601. The highest BCUT2D eigenvalue weighted by atomic mass is 16.5. The molecule has 3 unspecified atom stereocenters. The normalized spacial score (nSPS) is 20.5. The first-order valence-corrected chi connectivity index (χ1v) is 12.5. The number of rotatable bonds is 13. The van der Waals surface area contributed by atoms with E-state index in [0.29, 0.717) is 0 Å². The number of carbonyl (C=O) groups excluding carboxylic acids is 1. The first-order chi connectivity index (χ1) is 14.2. The molecule has 0 radical (unpaired) electrons. The van der Waals surface area contributed by atoms with Crippen LogP contribution in [0.25, 0.3) is 0 Å². The van der Waals surface area contributed by atoms with Gasteiger partial charge in [-0.1, -0.05) is 72.6 Å². The van der Waals surface area contributed by atoms with Crippen molar-refractivity contribution in [2.75, 3.05) is 0 Å². The minimum absolute atomic E-state index is 0.0601. The standard InChI is InChI=1S/C28H46O2/c1-21(2)10-7-11-22(3)12-8-13-23(4)14-9-18-28(6)19-17-26-20-25(24(5)29)15-16-27(26)30-28/h15-16,20-23H,7-14,17-19H2,1-6H3. The molecule has 3 atom stereocenters. The van der Waals surface area contributed by atoms with E-state index in [1.54, 1.807) is 6.92 Å². The van der Waals surface area contributed by atoms with Crippen LogP contribution in [0.3, 0.4) is 0 Å². The molecular weight excluding hydrogens is 368 g/mol. The van der Waals surface area contributed by atoms with Gasteiger partial charge in [-0.25, -0.2) is 0 Å². The van der Waals surface area contributed by atoms with Gasteiger partial charge in [0.2, 0.25) is 0 Å². The van der Waals surface area contributed by atoms with Crippen LogP contribution in [-0.2, 0) is 6.42 Å². The molecule has 0 N–H and O–H groups in total. The van der Waals surface area contributed by atoms with Crippen LogP contribution in [0.15, 0.2) is 18.2 Å². The Morgan fingerprint density at radius 3 is 2.17 bits per heavy atom. The summed E-state index contributed by atoms with van der Waals surface area (Å²) in [5.41, 5.74) is 1.93. The molecule has 1 aromatic rings. The van der Waals surface area contributed by atoms with Crippen molar-refractivity contribution in [3.63, 3.8) is 0 Å². The maximum absolute atomic E-state index is 11.6. The second-order valence-corrected chi connectivity index (χ2v) is 10.8. The van der Waals surface area contributed by atoms with Gasteiger partial charge in [0.25, 0.3) is 0 Å². The Labute approximate surface area is 186 Å². The molecule has 2 heteroatoms. The van der Waals surface area contributed by atoms with Crippen LogP contribution in [0.4, 0.5) is 0 Å². The van der Waals surface area contributed by atoms with Crippen molar-refractivity contribution in [2.45, 2.75) is 118 Å². The lowest BCUT2D eigenvalue weighted by Gasteiger charge is -2.36. The number of ketones is 1. The monoisotopic (exact) mass is 414 g/mol. The number of benzene rings is 1. The summed E-state index contributed by atoms with van der Waals surface area (Å²) in [5, 5.41) is 0. The molecule has 30 heavy (non-hydrogen) atoms. The fraction of sp³-hybridized carbons (Fsp3) is 0.750. The van der Waals surface area contributed by atoms with Crippen LogP contribution >= 0.6 is 0 Å².